The molecule has 1 unspecified atom stereocenters. The fourth-order valence-corrected chi connectivity index (χ4v) is 2.91. The summed E-state index contributed by atoms with van der Waals surface area (Å²) in [6.07, 6.45) is 5.16. The Morgan fingerprint density at radius 1 is 1.33 bits per heavy atom. The first-order valence-corrected chi connectivity index (χ1v) is 8.67. The fraction of sp³-hybridized carbons (Fsp3) is 0.526. The van der Waals surface area contributed by atoms with Gasteiger partial charge in [0.2, 0.25) is 5.91 Å². The molecule has 24 heavy (non-hydrogen) atoms. The minimum atomic E-state index is -0.389. The smallest absolute Gasteiger partial charge is 0.246 e. The quantitative estimate of drug-likeness (QED) is 0.808. The number of hydrogen-bond acceptors (Lipinski definition) is 4. The Labute approximate surface area is 143 Å². The Morgan fingerprint density at radius 3 is 2.62 bits per heavy atom. The minimum absolute atomic E-state index is 0.0769. The minimum Gasteiger partial charge on any atom is -0.391 e. The third-order valence-electron chi connectivity index (χ3n) is 4.69. The molecule has 130 valence electrons. The molecule has 5 nitrogen and oxygen atoms in total. The van der Waals surface area contributed by atoms with Gasteiger partial charge in [-0.05, 0) is 42.5 Å². The van der Waals surface area contributed by atoms with Crippen molar-refractivity contribution in [2.24, 2.45) is 5.92 Å². The Hall–Kier alpha value is -1.85. The second-order valence-electron chi connectivity index (χ2n) is 6.65. The predicted molar refractivity (Wildman–Crippen MR) is 94.9 cm³/mol. The summed E-state index contributed by atoms with van der Waals surface area (Å²) in [7, 11) is 1.74. The van der Waals surface area contributed by atoms with Gasteiger partial charge in [0.05, 0.1) is 19.3 Å². The van der Waals surface area contributed by atoms with Gasteiger partial charge in [-0.25, -0.2) is 0 Å². The van der Waals surface area contributed by atoms with E-state index in [1.54, 1.807) is 18.0 Å². The van der Waals surface area contributed by atoms with E-state index in [1.807, 2.05) is 18.2 Å². The summed E-state index contributed by atoms with van der Waals surface area (Å²) in [5, 5.41) is 9.92. The molecule has 0 spiro atoms. The maximum Gasteiger partial charge on any atom is 0.246 e. The van der Waals surface area contributed by atoms with Gasteiger partial charge >= 0.3 is 0 Å². The highest BCUT2D eigenvalue weighted by Crippen LogP contribution is 2.32. The number of likely N-dealkylation sites (N-methyl/N-ethyl adjacent to an activating group) is 1. The highest BCUT2D eigenvalue weighted by atomic mass is 16.5. The van der Waals surface area contributed by atoms with Gasteiger partial charge < -0.3 is 19.6 Å². The van der Waals surface area contributed by atoms with Crippen LogP contribution in [0.3, 0.4) is 0 Å². The lowest BCUT2D eigenvalue weighted by Crippen LogP contribution is -2.36. The predicted octanol–water partition coefficient (Wildman–Crippen LogP) is 1.77. The van der Waals surface area contributed by atoms with Gasteiger partial charge in [0.25, 0.3) is 0 Å². The highest BCUT2D eigenvalue weighted by Gasteiger charge is 2.30. The number of aliphatic hydroxyl groups excluding tert-OH is 1. The van der Waals surface area contributed by atoms with Crippen molar-refractivity contribution in [1.29, 1.82) is 0 Å². The standard InChI is InChI=1S/C19H26N2O3/c1-20(14-18(22)16-5-6-16)19(23)9-4-15-2-7-17(8-3-15)21-10-12-24-13-11-21/h2-4,7-9,16,18,22H,5-6,10-14H2,1H3. The van der Waals surface area contributed by atoms with Crippen LogP contribution < -0.4 is 4.90 Å². The molecule has 0 bridgehead atoms. The first-order valence-electron chi connectivity index (χ1n) is 8.67. The van der Waals surface area contributed by atoms with Crippen molar-refractivity contribution in [2.45, 2.75) is 18.9 Å². The molecule has 1 heterocycles. The van der Waals surface area contributed by atoms with Gasteiger partial charge in [-0.3, -0.25) is 4.79 Å². The molecule has 3 rings (SSSR count). The maximum absolute atomic E-state index is 12.1. The summed E-state index contributed by atoms with van der Waals surface area (Å²) in [6, 6.07) is 8.20. The number of aliphatic hydroxyl groups is 1. The summed E-state index contributed by atoms with van der Waals surface area (Å²) < 4.78 is 5.37. The van der Waals surface area contributed by atoms with E-state index in [4.69, 9.17) is 4.74 Å². The lowest BCUT2D eigenvalue weighted by Gasteiger charge is -2.28. The van der Waals surface area contributed by atoms with E-state index in [1.165, 1.54) is 5.69 Å². The molecule has 1 atom stereocenters. The Morgan fingerprint density at radius 2 is 2.00 bits per heavy atom. The van der Waals surface area contributed by atoms with Crippen molar-refractivity contribution in [3.63, 3.8) is 0 Å². The average Bonchev–Trinajstić information content (AvgIpc) is 3.46. The van der Waals surface area contributed by atoms with Crippen LogP contribution >= 0.6 is 0 Å². The van der Waals surface area contributed by atoms with Crippen LogP contribution in [0.25, 0.3) is 6.08 Å². The van der Waals surface area contributed by atoms with Gasteiger partial charge in [0.15, 0.2) is 0 Å². The normalized spacial score (nSPS) is 19.5. The third kappa shape index (κ3) is 4.58. The van der Waals surface area contributed by atoms with Gasteiger partial charge in [0, 0.05) is 38.4 Å². The molecule has 2 aliphatic rings. The zero-order valence-corrected chi connectivity index (χ0v) is 14.2. The van der Waals surface area contributed by atoms with E-state index < -0.39 is 0 Å². The number of morpholine rings is 1. The lowest BCUT2D eigenvalue weighted by atomic mass is 10.1. The van der Waals surface area contributed by atoms with E-state index in [9.17, 15) is 9.90 Å². The number of anilines is 1. The van der Waals surface area contributed by atoms with E-state index in [0.29, 0.717) is 12.5 Å². The van der Waals surface area contributed by atoms with E-state index in [0.717, 1.165) is 44.7 Å². The third-order valence-corrected chi connectivity index (χ3v) is 4.69. The van der Waals surface area contributed by atoms with Crippen LogP contribution in [0, 0.1) is 5.92 Å². The summed E-state index contributed by atoms with van der Waals surface area (Å²) in [5.74, 6) is 0.309. The zero-order chi connectivity index (χ0) is 16.9. The number of carbonyl (C=O) groups is 1. The Bertz CT molecular complexity index is 575. The first kappa shape index (κ1) is 17.0. The number of rotatable bonds is 6. The van der Waals surface area contributed by atoms with E-state index in [-0.39, 0.29) is 12.0 Å². The maximum atomic E-state index is 12.1. The molecule has 1 N–H and O–H groups in total. The zero-order valence-electron chi connectivity index (χ0n) is 14.2. The van der Waals surface area contributed by atoms with Crippen LogP contribution in [-0.2, 0) is 9.53 Å². The van der Waals surface area contributed by atoms with Gasteiger partial charge in [0.1, 0.15) is 0 Å². The van der Waals surface area contributed by atoms with Crippen LogP contribution in [0.1, 0.15) is 18.4 Å². The molecule has 1 aliphatic heterocycles. The van der Waals surface area contributed by atoms with E-state index >= 15 is 0 Å². The number of ether oxygens (including phenoxy) is 1. The molecule has 1 amide bonds. The van der Waals surface area contributed by atoms with Crippen LogP contribution in [0.15, 0.2) is 30.3 Å². The average molecular weight is 330 g/mol. The van der Waals surface area contributed by atoms with Crippen LogP contribution in [0.2, 0.25) is 0 Å². The second-order valence-corrected chi connectivity index (χ2v) is 6.65. The van der Waals surface area contributed by atoms with Gasteiger partial charge in [-0.1, -0.05) is 12.1 Å². The highest BCUT2D eigenvalue weighted by molar-refractivity contribution is 5.91. The number of nitrogens with zero attached hydrogens (tertiary/aromatic N) is 2. The molecular weight excluding hydrogens is 304 g/mol. The van der Waals surface area contributed by atoms with Crippen molar-refractivity contribution in [3.05, 3.63) is 35.9 Å². The fourth-order valence-electron chi connectivity index (χ4n) is 2.91. The monoisotopic (exact) mass is 330 g/mol. The molecule has 0 radical (unpaired) electrons. The molecule has 2 fully saturated rings. The van der Waals surface area contributed by atoms with Crippen LogP contribution in [0.4, 0.5) is 5.69 Å². The molecule has 1 aromatic carbocycles. The number of amides is 1. The summed E-state index contributed by atoms with van der Waals surface area (Å²) in [6.45, 7) is 3.79. The number of benzene rings is 1. The first-order chi connectivity index (χ1) is 11.6. The van der Waals surface area contributed by atoms with Crippen molar-refractivity contribution in [2.75, 3.05) is 44.8 Å². The SMILES string of the molecule is CN(CC(O)C1CC1)C(=O)C=Cc1ccc(N2CCOCC2)cc1. The lowest BCUT2D eigenvalue weighted by molar-refractivity contribution is -0.126. The van der Waals surface area contributed by atoms with E-state index in [2.05, 4.69) is 17.0 Å². The topological polar surface area (TPSA) is 53.0 Å². The number of carbonyl (C=O) groups excluding carboxylic acids is 1. The van der Waals surface area contributed by atoms with Gasteiger partial charge in [-0.2, -0.15) is 0 Å². The van der Waals surface area contributed by atoms with Crippen molar-refractivity contribution < 1.29 is 14.6 Å². The molecule has 1 saturated heterocycles. The van der Waals surface area contributed by atoms with Crippen molar-refractivity contribution in [3.8, 4) is 0 Å². The molecule has 1 aliphatic carbocycles. The summed E-state index contributed by atoms with van der Waals surface area (Å²) in [5.41, 5.74) is 2.18. The van der Waals surface area contributed by atoms with Gasteiger partial charge in [-0.15, -0.1) is 0 Å². The Kier molecular flexibility index (Phi) is 5.53. The Balaban J connectivity index is 1.52. The molecule has 1 saturated carbocycles. The number of hydrogen-bond donors (Lipinski definition) is 1. The molecule has 1 aromatic rings. The molecule has 5 heteroatoms. The molecular formula is C19H26N2O3. The molecule has 0 aromatic heterocycles. The van der Waals surface area contributed by atoms with Crippen molar-refractivity contribution >= 4 is 17.7 Å². The second kappa shape index (κ2) is 7.81. The largest absolute Gasteiger partial charge is 0.391 e. The van der Waals surface area contributed by atoms with Crippen molar-refractivity contribution in [1.82, 2.24) is 4.90 Å². The van der Waals surface area contributed by atoms with Crippen LogP contribution in [-0.4, -0.2) is 61.9 Å². The summed E-state index contributed by atoms with van der Waals surface area (Å²) in [4.78, 5) is 16.0. The summed E-state index contributed by atoms with van der Waals surface area (Å²) >= 11 is 0. The van der Waals surface area contributed by atoms with Crippen LogP contribution in [0.5, 0.6) is 0 Å².